The minimum absolute atomic E-state index is 0.158. The van der Waals surface area contributed by atoms with Gasteiger partial charge >= 0.3 is 0 Å². The molecule has 2 rings (SSSR count). The second kappa shape index (κ2) is 4.19. The lowest BCUT2D eigenvalue weighted by atomic mass is 10.1. The van der Waals surface area contributed by atoms with Gasteiger partial charge in [-0.2, -0.15) is 0 Å². The molecule has 0 unspecified atom stereocenters. The van der Waals surface area contributed by atoms with Crippen molar-refractivity contribution in [3.8, 4) is 0 Å². The van der Waals surface area contributed by atoms with Crippen LogP contribution in [0.4, 0.5) is 10.1 Å². The number of hydrogen-bond acceptors (Lipinski definition) is 2. The Morgan fingerprint density at radius 1 is 1.47 bits per heavy atom. The van der Waals surface area contributed by atoms with Gasteiger partial charge < -0.3 is 10.1 Å². The van der Waals surface area contributed by atoms with E-state index in [0.717, 1.165) is 18.6 Å². The Morgan fingerprint density at radius 3 is 2.87 bits per heavy atom. The van der Waals surface area contributed by atoms with Crippen LogP contribution < -0.4 is 5.32 Å². The molecule has 0 spiro atoms. The van der Waals surface area contributed by atoms with Crippen molar-refractivity contribution in [3.05, 3.63) is 29.6 Å². The van der Waals surface area contributed by atoms with Crippen molar-refractivity contribution in [2.45, 2.75) is 32.4 Å². The molecule has 0 saturated carbocycles. The monoisotopic (exact) mass is 209 g/mol. The zero-order chi connectivity index (χ0) is 10.8. The second-order valence-electron chi connectivity index (χ2n) is 4.10. The predicted octanol–water partition coefficient (Wildman–Crippen LogP) is 2.72. The number of halogens is 1. The normalized spacial score (nSPS) is 25.5. The van der Waals surface area contributed by atoms with Crippen LogP contribution in [0, 0.1) is 12.7 Å². The van der Waals surface area contributed by atoms with Crippen molar-refractivity contribution in [1.82, 2.24) is 0 Å². The third-order valence-electron chi connectivity index (χ3n) is 2.84. The molecule has 3 heteroatoms. The lowest BCUT2D eigenvalue weighted by molar-refractivity contribution is 0.121. The zero-order valence-electron chi connectivity index (χ0n) is 9.09. The molecule has 1 aromatic rings. The molecule has 0 radical (unpaired) electrons. The van der Waals surface area contributed by atoms with E-state index in [-0.39, 0.29) is 18.0 Å². The fourth-order valence-corrected chi connectivity index (χ4v) is 1.86. The third-order valence-corrected chi connectivity index (χ3v) is 2.84. The van der Waals surface area contributed by atoms with Crippen LogP contribution in [0.2, 0.25) is 0 Å². The van der Waals surface area contributed by atoms with E-state index in [0.29, 0.717) is 5.69 Å². The van der Waals surface area contributed by atoms with Gasteiger partial charge in [-0.05, 0) is 38.0 Å². The van der Waals surface area contributed by atoms with Crippen molar-refractivity contribution in [2.24, 2.45) is 0 Å². The van der Waals surface area contributed by atoms with Crippen LogP contribution in [0.5, 0.6) is 0 Å². The van der Waals surface area contributed by atoms with E-state index in [2.05, 4.69) is 5.32 Å². The molecule has 82 valence electrons. The largest absolute Gasteiger partial charge is 0.377 e. The average Bonchev–Trinajstić information content (AvgIpc) is 2.57. The first-order chi connectivity index (χ1) is 7.16. The first kappa shape index (κ1) is 10.4. The number of anilines is 1. The van der Waals surface area contributed by atoms with E-state index >= 15 is 0 Å². The highest BCUT2D eigenvalue weighted by Gasteiger charge is 2.24. The number of benzene rings is 1. The van der Waals surface area contributed by atoms with Gasteiger partial charge in [0.25, 0.3) is 0 Å². The average molecular weight is 209 g/mol. The summed E-state index contributed by atoms with van der Waals surface area (Å²) in [5.41, 5.74) is 1.51. The molecule has 1 aliphatic rings. The summed E-state index contributed by atoms with van der Waals surface area (Å²) in [6.45, 7) is 4.65. The fraction of sp³-hybridized carbons (Fsp3) is 0.500. The van der Waals surface area contributed by atoms with E-state index in [4.69, 9.17) is 4.74 Å². The summed E-state index contributed by atoms with van der Waals surface area (Å²) >= 11 is 0. The third kappa shape index (κ3) is 2.29. The standard InChI is InChI=1S/C12H16FNO/c1-8-3-4-12(10(13)7-8)14-11-5-6-15-9(11)2/h3-4,7,9,11,14H,5-6H2,1-2H3/t9-,11+/m0/s1. The van der Waals surface area contributed by atoms with Crippen molar-refractivity contribution < 1.29 is 9.13 Å². The maximum Gasteiger partial charge on any atom is 0.146 e. The lowest BCUT2D eigenvalue weighted by Gasteiger charge is -2.17. The summed E-state index contributed by atoms with van der Waals surface area (Å²) in [6.07, 6.45) is 1.10. The molecule has 2 atom stereocenters. The summed E-state index contributed by atoms with van der Waals surface area (Å²) in [7, 11) is 0. The maximum absolute atomic E-state index is 13.5. The van der Waals surface area contributed by atoms with Crippen LogP contribution in [0.25, 0.3) is 0 Å². The maximum atomic E-state index is 13.5. The Morgan fingerprint density at radius 2 is 2.27 bits per heavy atom. The van der Waals surface area contributed by atoms with Crippen LogP contribution in [0.15, 0.2) is 18.2 Å². The van der Waals surface area contributed by atoms with Crippen LogP contribution in [0.3, 0.4) is 0 Å². The van der Waals surface area contributed by atoms with E-state index in [1.165, 1.54) is 0 Å². The molecule has 1 saturated heterocycles. The van der Waals surface area contributed by atoms with E-state index in [1.54, 1.807) is 12.1 Å². The number of nitrogens with one attached hydrogen (secondary N) is 1. The van der Waals surface area contributed by atoms with Gasteiger partial charge in [0.1, 0.15) is 5.82 Å². The van der Waals surface area contributed by atoms with Gasteiger partial charge in [0.15, 0.2) is 0 Å². The van der Waals surface area contributed by atoms with Gasteiger partial charge in [-0.3, -0.25) is 0 Å². The molecule has 1 aromatic carbocycles. The van der Waals surface area contributed by atoms with Crippen molar-refractivity contribution in [3.63, 3.8) is 0 Å². The van der Waals surface area contributed by atoms with E-state index in [9.17, 15) is 4.39 Å². The molecule has 1 fully saturated rings. The van der Waals surface area contributed by atoms with Crippen LogP contribution in [-0.2, 0) is 4.74 Å². The lowest BCUT2D eigenvalue weighted by Crippen LogP contribution is -2.27. The minimum Gasteiger partial charge on any atom is -0.377 e. The molecule has 1 aliphatic heterocycles. The molecule has 1 N–H and O–H groups in total. The molecular formula is C12H16FNO. The highest BCUT2D eigenvalue weighted by atomic mass is 19.1. The van der Waals surface area contributed by atoms with E-state index < -0.39 is 0 Å². The molecule has 15 heavy (non-hydrogen) atoms. The Bertz CT molecular complexity index is 353. The molecule has 1 heterocycles. The van der Waals surface area contributed by atoms with Gasteiger partial charge in [0.05, 0.1) is 17.8 Å². The van der Waals surface area contributed by atoms with Crippen molar-refractivity contribution in [2.75, 3.05) is 11.9 Å². The highest BCUT2D eigenvalue weighted by molar-refractivity contribution is 5.47. The predicted molar refractivity (Wildman–Crippen MR) is 58.6 cm³/mol. The summed E-state index contributed by atoms with van der Waals surface area (Å²) in [5.74, 6) is -0.186. The summed E-state index contributed by atoms with van der Waals surface area (Å²) < 4.78 is 18.9. The van der Waals surface area contributed by atoms with Crippen LogP contribution in [0.1, 0.15) is 18.9 Å². The smallest absolute Gasteiger partial charge is 0.146 e. The van der Waals surface area contributed by atoms with Crippen molar-refractivity contribution in [1.29, 1.82) is 0 Å². The van der Waals surface area contributed by atoms with E-state index in [1.807, 2.05) is 19.9 Å². The second-order valence-corrected chi connectivity index (χ2v) is 4.10. The molecule has 0 bridgehead atoms. The van der Waals surface area contributed by atoms with Gasteiger partial charge in [-0.15, -0.1) is 0 Å². The molecule has 0 amide bonds. The topological polar surface area (TPSA) is 21.3 Å². The Balaban J connectivity index is 2.10. The number of rotatable bonds is 2. The Kier molecular flexibility index (Phi) is 2.91. The first-order valence-electron chi connectivity index (χ1n) is 5.31. The van der Waals surface area contributed by atoms with Crippen LogP contribution in [-0.4, -0.2) is 18.8 Å². The molecular weight excluding hydrogens is 193 g/mol. The molecule has 0 aromatic heterocycles. The number of ether oxygens (including phenoxy) is 1. The van der Waals surface area contributed by atoms with Gasteiger partial charge in [-0.25, -0.2) is 4.39 Å². The highest BCUT2D eigenvalue weighted by Crippen LogP contribution is 2.21. The SMILES string of the molecule is Cc1ccc(N[C@@H]2CCO[C@H]2C)c(F)c1. The summed E-state index contributed by atoms with van der Waals surface area (Å²) in [6, 6.07) is 5.46. The van der Waals surface area contributed by atoms with Crippen LogP contribution >= 0.6 is 0 Å². The molecule has 2 nitrogen and oxygen atoms in total. The number of aryl methyl sites for hydroxylation is 1. The number of hydrogen-bond donors (Lipinski definition) is 1. The Hall–Kier alpha value is -1.09. The summed E-state index contributed by atoms with van der Waals surface area (Å²) in [4.78, 5) is 0. The van der Waals surface area contributed by atoms with Crippen molar-refractivity contribution >= 4 is 5.69 Å². The minimum atomic E-state index is -0.186. The van der Waals surface area contributed by atoms with Gasteiger partial charge in [-0.1, -0.05) is 6.07 Å². The fourth-order valence-electron chi connectivity index (χ4n) is 1.86. The molecule has 0 aliphatic carbocycles. The zero-order valence-corrected chi connectivity index (χ0v) is 9.09. The Labute approximate surface area is 89.4 Å². The van der Waals surface area contributed by atoms with Gasteiger partial charge in [0, 0.05) is 6.61 Å². The summed E-state index contributed by atoms with van der Waals surface area (Å²) in [5, 5.41) is 3.19. The first-order valence-corrected chi connectivity index (χ1v) is 5.31. The quantitative estimate of drug-likeness (QED) is 0.808. The van der Waals surface area contributed by atoms with Gasteiger partial charge in [0.2, 0.25) is 0 Å².